The molecule has 2 heterocycles. The smallest absolute Gasteiger partial charge is 0.427 e. The summed E-state index contributed by atoms with van der Waals surface area (Å²) < 4.78 is 10.6. The van der Waals surface area contributed by atoms with E-state index in [2.05, 4.69) is 10.3 Å². The number of ether oxygens (including phenoxy) is 2. The molecule has 0 bridgehead atoms. The number of nitrogens with zero attached hydrogens (tertiary/aromatic N) is 3. The average molecular weight is 416 g/mol. The highest BCUT2D eigenvalue weighted by Crippen LogP contribution is 2.27. The molecule has 8 nitrogen and oxygen atoms in total. The third-order valence-corrected chi connectivity index (χ3v) is 5.10. The Morgan fingerprint density at radius 2 is 1.93 bits per heavy atom. The minimum absolute atomic E-state index is 0.00815. The standard InChI is InChI=1S/C22H30N4O4/c1-22(2,3)30-21(28)25-11-9-17(10-12-25)24-20(27)26(4)14-19(23-15-26)16-7-6-8-18(13-16)29-5/h6-8,13-15,17H,9-12H2,1-5H3/p+1. The molecule has 3 amide bonds. The third kappa shape index (κ3) is 5.18. The van der Waals surface area contributed by atoms with Crippen molar-refractivity contribution in [3.63, 3.8) is 0 Å². The predicted molar refractivity (Wildman–Crippen MR) is 115 cm³/mol. The van der Waals surface area contributed by atoms with E-state index in [0.29, 0.717) is 25.9 Å². The van der Waals surface area contributed by atoms with Gasteiger partial charge in [0, 0.05) is 24.7 Å². The van der Waals surface area contributed by atoms with Crippen LogP contribution in [-0.2, 0) is 4.74 Å². The zero-order valence-corrected chi connectivity index (χ0v) is 18.3. The largest absolute Gasteiger partial charge is 0.497 e. The lowest BCUT2D eigenvalue weighted by Gasteiger charge is -2.34. The Hall–Kier alpha value is -2.87. The number of nitrogens with one attached hydrogen (secondary N) is 1. The SMILES string of the molecule is COc1cccc(C2=C[N+](C)(C(=O)NC3CCN(C(=O)OC(C)(C)C)CC3)C=N2)c1. The molecule has 3 rings (SSSR count). The zero-order chi connectivity index (χ0) is 21.9. The summed E-state index contributed by atoms with van der Waals surface area (Å²) >= 11 is 0. The second-order valence-corrected chi connectivity index (χ2v) is 8.83. The van der Waals surface area contributed by atoms with Crippen molar-refractivity contribution in [1.29, 1.82) is 0 Å². The molecule has 1 aromatic carbocycles. The summed E-state index contributed by atoms with van der Waals surface area (Å²) in [6.45, 7) is 6.68. The van der Waals surface area contributed by atoms with Crippen molar-refractivity contribution >= 4 is 24.2 Å². The molecule has 0 aromatic heterocycles. The summed E-state index contributed by atoms with van der Waals surface area (Å²) in [5.74, 6) is 0.742. The fourth-order valence-electron chi connectivity index (χ4n) is 3.39. The van der Waals surface area contributed by atoms with Crippen LogP contribution >= 0.6 is 0 Å². The van der Waals surface area contributed by atoms with Gasteiger partial charge in [-0.15, -0.1) is 0 Å². The zero-order valence-electron chi connectivity index (χ0n) is 18.3. The maximum Gasteiger partial charge on any atom is 0.427 e. The number of urea groups is 1. The first-order valence-corrected chi connectivity index (χ1v) is 10.2. The van der Waals surface area contributed by atoms with Crippen LogP contribution in [0.1, 0.15) is 39.2 Å². The van der Waals surface area contributed by atoms with Crippen molar-refractivity contribution in [2.24, 2.45) is 4.99 Å². The molecular formula is C22H31N4O4+. The van der Waals surface area contributed by atoms with E-state index in [4.69, 9.17) is 9.47 Å². The van der Waals surface area contributed by atoms with Crippen LogP contribution in [0.2, 0.25) is 0 Å². The van der Waals surface area contributed by atoms with E-state index in [1.165, 1.54) is 0 Å². The summed E-state index contributed by atoms with van der Waals surface area (Å²) in [5, 5.41) is 3.10. The number of aliphatic imine (C=N–C) groups is 1. The second-order valence-electron chi connectivity index (χ2n) is 8.83. The highest BCUT2D eigenvalue weighted by atomic mass is 16.6. The van der Waals surface area contributed by atoms with Gasteiger partial charge in [-0.2, -0.15) is 9.48 Å². The maximum atomic E-state index is 12.9. The highest BCUT2D eigenvalue weighted by molar-refractivity contribution is 5.84. The van der Waals surface area contributed by atoms with Gasteiger partial charge in [-0.3, -0.25) is 0 Å². The molecule has 8 heteroatoms. The number of benzene rings is 1. The van der Waals surface area contributed by atoms with Crippen LogP contribution in [-0.4, -0.2) is 66.7 Å². The van der Waals surface area contributed by atoms with Gasteiger partial charge in [0.15, 0.2) is 0 Å². The molecule has 0 aliphatic carbocycles. The van der Waals surface area contributed by atoms with E-state index in [0.717, 1.165) is 17.0 Å². The van der Waals surface area contributed by atoms with Gasteiger partial charge in [0.2, 0.25) is 6.34 Å². The van der Waals surface area contributed by atoms with Crippen molar-refractivity contribution in [3.05, 3.63) is 36.0 Å². The Labute approximate surface area is 177 Å². The van der Waals surface area contributed by atoms with Crippen LogP contribution in [0.4, 0.5) is 9.59 Å². The molecule has 2 aliphatic rings. The molecule has 1 unspecified atom stereocenters. The Bertz CT molecular complexity index is 866. The van der Waals surface area contributed by atoms with Gasteiger partial charge in [-0.25, -0.2) is 9.59 Å². The van der Waals surface area contributed by atoms with Gasteiger partial charge in [-0.1, -0.05) is 12.1 Å². The third-order valence-electron chi connectivity index (χ3n) is 5.10. The van der Waals surface area contributed by atoms with Gasteiger partial charge in [0.25, 0.3) is 0 Å². The van der Waals surface area contributed by atoms with Crippen LogP contribution in [0.5, 0.6) is 5.75 Å². The van der Waals surface area contributed by atoms with Crippen LogP contribution in [0.25, 0.3) is 5.70 Å². The Balaban J connectivity index is 1.57. The fraction of sp³-hybridized carbons (Fsp3) is 0.500. The molecule has 0 spiro atoms. The van der Waals surface area contributed by atoms with E-state index in [1.54, 1.807) is 25.4 Å². The number of quaternary nitrogens is 1. The number of carbonyl (C=O) groups excluding carboxylic acids is 2. The Kier molecular flexibility index (Phi) is 6.17. The number of amides is 3. The average Bonchev–Trinajstić information content (AvgIpc) is 3.11. The number of carbonyl (C=O) groups is 2. The summed E-state index contributed by atoms with van der Waals surface area (Å²) in [6.07, 6.45) is 4.52. The minimum atomic E-state index is -0.511. The number of likely N-dealkylation sites (tertiary alicyclic amines) is 1. The normalized spacial score (nSPS) is 21.9. The van der Waals surface area contributed by atoms with E-state index in [9.17, 15) is 9.59 Å². The lowest BCUT2D eigenvalue weighted by molar-refractivity contribution is -0.665. The molecule has 162 valence electrons. The van der Waals surface area contributed by atoms with Crippen molar-refractivity contribution in [1.82, 2.24) is 10.2 Å². The summed E-state index contributed by atoms with van der Waals surface area (Å²) in [4.78, 5) is 31.3. The number of hydrogen-bond donors (Lipinski definition) is 1. The molecule has 30 heavy (non-hydrogen) atoms. The molecule has 0 radical (unpaired) electrons. The number of hydrogen-bond acceptors (Lipinski definition) is 5. The molecule has 2 aliphatic heterocycles. The van der Waals surface area contributed by atoms with E-state index < -0.39 is 5.60 Å². The first-order chi connectivity index (χ1) is 14.1. The van der Waals surface area contributed by atoms with Gasteiger partial charge >= 0.3 is 12.1 Å². The van der Waals surface area contributed by atoms with Gasteiger partial charge in [0.1, 0.15) is 23.2 Å². The predicted octanol–water partition coefficient (Wildman–Crippen LogP) is 3.59. The van der Waals surface area contributed by atoms with Gasteiger partial charge in [-0.05, 0) is 45.7 Å². The fourth-order valence-corrected chi connectivity index (χ4v) is 3.39. The van der Waals surface area contributed by atoms with Crippen LogP contribution in [0.15, 0.2) is 35.5 Å². The quantitative estimate of drug-likeness (QED) is 0.765. The second kappa shape index (κ2) is 8.47. The Morgan fingerprint density at radius 3 is 2.57 bits per heavy atom. The maximum absolute atomic E-state index is 12.9. The molecular weight excluding hydrogens is 384 g/mol. The molecule has 1 fully saturated rings. The summed E-state index contributed by atoms with van der Waals surface area (Å²) in [7, 11) is 3.41. The molecule has 1 N–H and O–H groups in total. The molecule has 0 saturated carbocycles. The molecule has 1 aromatic rings. The van der Waals surface area contributed by atoms with E-state index in [1.807, 2.05) is 51.2 Å². The first-order valence-electron chi connectivity index (χ1n) is 10.2. The first kappa shape index (κ1) is 21.8. The van der Waals surface area contributed by atoms with Crippen molar-refractivity contribution < 1.29 is 23.5 Å². The van der Waals surface area contributed by atoms with E-state index >= 15 is 0 Å². The summed E-state index contributed by atoms with van der Waals surface area (Å²) in [6, 6.07) is 7.45. The van der Waals surface area contributed by atoms with E-state index in [-0.39, 0.29) is 22.6 Å². The lowest BCUT2D eigenvalue weighted by atomic mass is 10.1. The van der Waals surface area contributed by atoms with Crippen LogP contribution in [0.3, 0.4) is 0 Å². The van der Waals surface area contributed by atoms with Crippen molar-refractivity contribution in [3.8, 4) is 5.75 Å². The molecule has 1 saturated heterocycles. The van der Waals surface area contributed by atoms with Crippen LogP contribution < -0.4 is 10.1 Å². The van der Waals surface area contributed by atoms with Crippen LogP contribution in [0, 0.1) is 0 Å². The minimum Gasteiger partial charge on any atom is -0.497 e. The number of methoxy groups -OCH3 is 1. The van der Waals surface area contributed by atoms with Crippen molar-refractivity contribution in [2.45, 2.75) is 45.3 Å². The summed E-state index contributed by atoms with van der Waals surface area (Å²) in [5.41, 5.74) is 1.11. The number of rotatable bonds is 3. The lowest BCUT2D eigenvalue weighted by Crippen LogP contribution is -2.54. The van der Waals surface area contributed by atoms with Gasteiger partial charge < -0.3 is 19.7 Å². The monoisotopic (exact) mass is 415 g/mol. The van der Waals surface area contributed by atoms with Crippen molar-refractivity contribution in [2.75, 3.05) is 27.2 Å². The van der Waals surface area contributed by atoms with Gasteiger partial charge in [0.05, 0.1) is 14.2 Å². The Morgan fingerprint density at radius 1 is 1.23 bits per heavy atom. The highest BCUT2D eigenvalue weighted by Gasteiger charge is 2.36. The molecule has 1 atom stereocenters. The topological polar surface area (TPSA) is 80.2 Å². The number of piperidine rings is 1.